The maximum atomic E-state index is 12.2. The zero-order chi connectivity index (χ0) is 24.9. The first kappa shape index (κ1) is 24.2. The van der Waals surface area contributed by atoms with Crippen molar-refractivity contribution >= 4 is 45.0 Å². The molecule has 2 fully saturated rings. The second kappa shape index (κ2) is 11.0. The number of carbonyl (C=O) groups is 2. The second-order valence-electron chi connectivity index (χ2n) is 8.98. The number of rotatable bonds is 5. The summed E-state index contributed by atoms with van der Waals surface area (Å²) in [4.78, 5) is 33.9. The van der Waals surface area contributed by atoms with Gasteiger partial charge in [-0.2, -0.15) is 4.98 Å². The lowest BCUT2D eigenvalue weighted by atomic mass is 9.99. The summed E-state index contributed by atoms with van der Waals surface area (Å²) in [5, 5.41) is 8.58. The first-order valence-electron chi connectivity index (χ1n) is 12.1. The summed E-state index contributed by atoms with van der Waals surface area (Å²) in [5.41, 5.74) is 2.70. The van der Waals surface area contributed by atoms with Crippen LogP contribution < -0.4 is 4.74 Å². The molecule has 0 radical (unpaired) electrons. The Balaban J connectivity index is 0.000000848. The van der Waals surface area contributed by atoms with Crippen molar-refractivity contribution in [3.8, 4) is 10.9 Å². The minimum absolute atomic E-state index is 0.250. The van der Waals surface area contributed by atoms with Crippen molar-refractivity contribution in [3.05, 3.63) is 48.4 Å². The number of thiazole rings is 1. The molecule has 0 unspecified atom stereocenters. The van der Waals surface area contributed by atoms with Crippen LogP contribution in [0.15, 0.2) is 47.2 Å². The molecule has 0 aliphatic carbocycles. The maximum absolute atomic E-state index is 12.2. The Bertz CT molecular complexity index is 1310. The van der Waals surface area contributed by atoms with E-state index in [2.05, 4.69) is 25.8 Å². The Kier molecular flexibility index (Phi) is 7.43. The van der Waals surface area contributed by atoms with Gasteiger partial charge in [-0.05, 0) is 49.9 Å². The number of fused-ring (bicyclic) bond motifs is 2. The molecule has 10 heteroatoms. The second-order valence-corrected chi connectivity index (χ2v) is 9.98. The van der Waals surface area contributed by atoms with E-state index in [4.69, 9.17) is 19.1 Å². The van der Waals surface area contributed by atoms with Crippen LogP contribution in [0.1, 0.15) is 37.7 Å². The third-order valence-corrected chi connectivity index (χ3v) is 7.62. The van der Waals surface area contributed by atoms with Gasteiger partial charge in [-0.3, -0.25) is 14.5 Å². The Labute approximate surface area is 212 Å². The van der Waals surface area contributed by atoms with E-state index in [1.807, 2.05) is 30.5 Å². The maximum Gasteiger partial charge on any atom is 0.290 e. The highest BCUT2D eigenvalue weighted by atomic mass is 32.1. The van der Waals surface area contributed by atoms with Crippen molar-refractivity contribution < 1.29 is 23.8 Å². The summed E-state index contributed by atoms with van der Waals surface area (Å²) < 4.78 is 12.8. The van der Waals surface area contributed by atoms with Crippen LogP contribution in [-0.2, 0) is 16.1 Å². The summed E-state index contributed by atoms with van der Waals surface area (Å²) in [6.07, 6.45) is 8.62. The van der Waals surface area contributed by atoms with E-state index in [0.717, 1.165) is 74.0 Å². The summed E-state index contributed by atoms with van der Waals surface area (Å²) in [6, 6.07) is 10.3. The van der Waals surface area contributed by atoms with E-state index in [0.29, 0.717) is 28.5 Å². The van der Waals surface area contributed by atoms with Gasteiger partial charge in [0.25, 0.3) is 11.7 Å². The molecule has 1 amide bonds. The predicted octanol–water partition coefficient (Wildman–Crippen LogP) is 4.91. The van der Waals surface area contributed by atoms with Gasteiger partial charge in [0, 0.05) is 61.9 Å². The number of furan rings is 1. The van der Waals surface area contributed by atoms with Crippen molar-refractivity contribution in [2.75, 3.05) is 19.6 Å². The number of likely N-dealkylation sites (tertiary alicyclic amines) is 2. The molecular weight excluding hydrogens is 480 g/mol. The van der Waals surface area contributed by atoms with Crippen molar-refractivity contribution in [1.82, 2.24) is 19.8 Å². The highest BCUT2D eigenvalue weighted by Crippen LogP contribution is 2.33. The average Bonchev–Trinajstić information content (AvgIpc) is 3.48. The molecule has 36 heavy (non-hydrogen) atoms. The first-order valence-corrected chi connectivity index (χ1v) is 13.0. The van der Waals surface area contributed by atoms with E-state index in [9.17, 15) is 4.79 Å². The van der Waals surface area contributed by atoms with Crippen LogP contribution in [0, 0.1) is 0 Å². The number of amides is 1. The van der Waals surface area contributed by atoms with Crippen molar-refractivity contribution in [1.29, 1.82) is 0 Å². The van der Waals surface area contributed by atoms with E-state index < -0.39 is 0 Å². The molecule has 6 rings (SSSR count). The molecule has 188 valence electrons. The fourth-order valence-electron chi connectivity index (χ4n) is 4.99. The number of benzene rings is 1. The summed E-state index contributed by atoms with van der Waals surface area (Å²) in [7, 11) is 0. The summed E-state index contributed by atoms with van der Waals surface area (Å²) >= 11 is 1.48. The number of aromatic nitrogens is 2. The van der Waals surface area contributed by atoms with Gasteiger partial charge in [0.2, 0.25) is 5.91 Å². The molecule has 3 aromatic heterocycles. The molecule has 0 bridgehead atoms. The highest BCUT2D eigenvalue weighted by molar-refractivity contribution is 7.20. The first-order chi connectivity index (χ1) is 17.6. The molecule has 2 aliphatic heterocycles. The van der Waals surface area contributed by atoms with Gasteiger partial charge in [-0.25, -0.2) is 4.98 Å². The number of hydrogen-bond acceptors (Lipinski definition) is 8. The Morgan fingerprint density at radius 2 is 2.03 bits per heavy atom. The normalized spacial score (nSPS) is 17.2. The van der Waals surface area contributed by atoms with E-state index in [1.165, 1.54) is 16.9 Å². The zero-order valence-electron chi connectivity index (χ0n) is 19.8. The Hall–Kier alpha value is -3.50. The van der Waals surface area contributed by atoms with Gasteiger partial charge < -0.3 is 19.2 Å². The standard InChI is InChI=1S/C25H26N4O3S.CH2O2/c30-23-5-1-2-11-29(23)18-8-12-28(13-9-18)15-17-16-31-21-14-19(6-7-20(17)21)32-25-27-24-22(33-25)4-3-10-26-24;2-1-3/h3-4,6-7,10,14,16,18H,1-2,5,8-9,11-13,15H2;1H,(H,2,3). The molecule has 0 spiro atoms. The van der Waals surface area contributed by atoms with Crippen molar-refractivity contribution in [2.24, 2.45) is 0 Å². The van der Waals surface area contributed by atoms with E-state index in [1.54, 1.807) is 6.20 Å². The van der Waals surface area contributed by atoms with Crippen LogP contribution >= 0.6 is 11.3 Å². The van der Waals surface area contributed by atoms with Crippen molar-refractivity contribution in [2.45, 2.75) is 44.7 Å². The van der Waals surface area contributed by atoms with Gasteiger partial charge in [0.1, 0.15) is 11.3 Å². The molecule has 1 aromatic carbocycles. The average molecular weight is 509 g/mol. The molecule has 5 heterocycles. The molecular formula is C26H28N4O5S. The number of carboxylic acid groups (broad SMARTS) is 1. The molecule has 1 N–H and O–H groups in total. The molecule has 9 nitrogen and oxygen atoms in total. The molecule has 0 atom stereocenters. The lowest BCUT2D eigenvalue weighted by Gasteiger charge is -2.40. The smallest absolute Gasteiger partial charge is 0.290 e. The number of pyridine rings is 1. The molecule has 0 saturated carbocycles. The topological polar surface area (TPSA) is 109 Å². The summed E-state index contributed by atoms with van der Waals surface area (Å²) in [6.45, 7) is 3.56. The van der Waals surface area contributed by atoms with Gasteiger partial charge in [0.15, 0.2) is 5.65 Å². The fraction of sp³-hybridized carbons (Fsp3) is 0.385. The largest absolute Gasteiger partial charge is 0.483 e. The van der Waals surface area contributed by atoms with Crippen LogP contribution in [0.5, 0.6) is 10.9 Å². The quantitative estimate of drug-likeness (QED) is 0.379. The van der Waals surface area contributed by atoms with Crippen LogP contribution in [0.3, 0.4) is 0 Å². The highest BCUT2D eigenvalue weighted by Gasteiger charge is 2.29. The van der Waals surface area contributed by atoms with Gasteiger partial charge >= 0.3 is 0 Å². The van der Waals surface area contributed by atoms with Crippen molar-refractivity contribution in [3.63, 3.8) is 0 Å². The van der Waals surface area contributed by atoms with Gasteiger partial charge in [0.05, 0.1) is 11.0 Å². The molecule has 4 aromatic rings. The number of nitrogens with zero attached hydrogens (tertiary/aromatic N) is 4. The Morgan fingerprint density at radius 3 is 2.81 bits per heavy atom. The Morgan fingerprint density at radius 1 is 1.19 bits per heavy atom. The minimum atomic E-state index is -0.250. The van der Waals surface area contributed by atoms with Gasteiger partial charge in [-0.15, -0.1) is 0 Å². The van der Waals surface area contributed by atoms with Crippen LogP contribution in [0.4, 0.5) is 0 Å². The third kappa shape index (κ3) is 5.34. The predicted molar refractivity (Wildman–Crippen MR) is 136 cm³/mol. The number of hydrogen-bond donors (Lipinski definition) is 1. The lowest BCUT2D eigenvalue weighted by Crippen LogP contribution is -2.48. The lowest BCUT2D eigenvalue weighted by molar-refractivity contribution is -0.136. The van der Waals surface area contributed by atoms with Crippen LogP contribution in [0.25, 0.3) is 21.3 Å². The molecule has 2 saturated heterocycles. The minimum Gasteiger partial charge on any atom is -0.483 e. The van der Waals surface area contributed by atoms with Crippen LogP contribution in [-0.4, -0.2) is 62.9 Å². The SMILES string of the molecule is O=C1CCCCN1C1CCN(Cc2coc3cc(Oc4nc5ncccc5s4)ccc23)CC1.O=CO. The number of ether oxygens (including phenoxy) is 1. The molecule has 2 aliphatic rings. The monoisotopic (exact) mass is 508 g/mol. The van der Waals surface area contributed by atoms with Crippen LogP contribution in [0.2, 0.25) is 0 Å². The summed E-state index contributed by atoms with van der Waals surface area (Å²) in [5.74, 6) is 1.05. The van der Waals surface area contributed by atoms with E-state index in [-0.39, 0.29) is 6.47 Å². The zero-order valence-corrected chi connectivity index (χ0v) is 20.7. The van der Waals surface area contributed by atoms with E-state index >= 15 is 0 Å². The fourth-order valence-corrected chi connectivity index (χ4v) is 5.78. The third-order valence-electron chi connectivity index (χ3n) is 6.73. The number of carbonyl (C=O) groups excluding carboxylic acids is 1. The van der Waals surface area contributed by atoms with Gasteiger partial charge in [-0.1, -0.05) is 11.3 Å². The number of piperidine rings is 2.